The van der Waals surface area contributed by atoms with E-state index in [-0.39, 0.29) is 5.76 Å². The van der Waals surface area contributed by atoms with E-state index < -0.39 is 16.7 Å². The molecule has 2 aromatic heterocycles. The topological polar surface area (TPSA) is 111 Å². The Bertz CT molecular complexity index is 949. The summed E-state index contributed by atoms with van der Waals surface area (Å²) in [4.78, 5) is 31.6. The Morgan fingerprint density at radius 2 is 1.77 bits per heavy atom. The molecule has 9 heteroatoms. The van der Waals surface area contributed by atoms with Crippen molar-refractivity contribution in [1.29, 1.82) is 0 Å². The molecule has 0 bridgehead atoms. The second kappa shape index (κ2) is 7.36. The highest BCUT2D eigenvalue weighted by molar-refractivity contribution is 7.99. The van der Waals surface area contributed by atoms with E-state index >= 15 is 0 Å². The number of anilines is 1. The maximum atomic E-state index is 12.0. The van der Waals surface area contributed by atoms with Crippen LogP contribution in [0, 0.1) is 24.0 Å². The molecule has 0 spiro atoms. The number of hydrogen-bond acceptors (Lipinski definition) is 7. The van der Waals surface area contributed by atoms with Gasteiger partial charge < -0.3 is 9.73 Å². The van der Waals surface area contributed by atoms with Crippen molar-refractivity contribution in [2.45, 2.75) is 23.9 Å². The summed E-state index contributed by atoms with van der Waals surface area (Å²) < 4.78 is 4.87. The van der Waals surface area contributed by atoms with Gasteiger partial charge in [0.1, 0.15) is 4.92 Å². The molecule has 0 aliphatic carbocycles. The zero-order valence-electron chi connectivity index (χ0n) is 13.9. The number of carbonyl (C=O) groups excluding carboxylic acids is 1. The Kier molecular flexibility index (Phi) is 4.99. The fourth-order valence-electron chi connectivity index (χ4n) is 2.19. The van der Waals surface area contributed by atoms with Gasteiger partial charge in [-0.3, -0.25) is 14.9 Å². The van der Waals surface area contributed by atoms with E-state index in [0.29, 0.717) is 10.8 Å². The summed E-state index contributed by atoms with van der Waals surface area (Å²) in [6.07, 6.45) is 0. The molecule has 3 aromatic rings. The molecule has 0 unspecified atom stereocenters. The molecule has 26 heavy (non-hydrogen) atoms. The summed E-state index contributed by atoms with van der Waals surface area (Å²) in [5.41, 5.74) is 2.34. The minimum Gasteiger partial charge on any atom is -0.395 e. The summed E-state index contributed by atoms with van der Waals surface area (Å²) in [5, 5.41) is 13.9. The van der Waals surface area contributed by atoms with Gasteiger partial charge in [-0.2, -0.15) is 0 Å². The van der Waals surface area contributed by atoms with E-state index in [2.05, 4.69) is 15.3 Å². The number of carbonyl (C=O) groups is 1. The largest absolute Gasteiger partial charge is 0.433 e. The van der Waals surface area contributed by atoms with Crippen LogP contribution in [-0.4, -0.2) is 20.8 Å². The molecule has 0 radical (unpaired) electrons. The maximum absolute atomic E-state index is 12.0. The molecule has 0 saturated heterocycles. The monoisotopic (exact) mass is 370 g/mol. The summed E-state index contributed by atoms with van der Waals surface area (Å²) in [7, 11) is 0. The van der Waals surface area contributed by atoms with Gasteiger partial charge in [0.25, 0.3) is 5.91 Å². The minimum absolute atomic E-state index is 0.126. The standard InChI is InChI=1S/C17H14N4O4S/c1-10-9-11(2)19-17(18-10)26-13-5-3-12(4-6-13)20-16(22)14-7-8-15(25-14)21(23)24/h3-9H,1-2H3,(H,20,22). The van der Waals surface area contributed by atoms with Gasteiger partial charge >= 0.3 is 5.88 Å². The van der Waals surface area contributed by atoms with Crippen molar-refractivity contribution in [2.24, 2.45) is 0 Å². The zero-order valence-corrected chi connectivity index (χ0v) is 14.7. The van der Waals surface area contributed by atoms with Gasteiger partial charge in [0.05, 0.1) is 6.07 Å². The third-order valence-electron chi connectivity index (χ3n) is 3.28. The number of furan rings is 1. The summed E-state index contributed by atoms with van der Waals surface area (Å²) in [6.45, 7) is 3.83. The lowest BCUT2D eigenvalue weighted by Gasteiger charge is -2.05. The van der Waals surface area contributed by atoms with Gasteiger partial charge in [-0.1, -0.05) is 0 Å². The molecule has 8 nitrogen and oxygen atoms in total. The normalized spacial score (nSPS) is 10.5. The quantitative estimate of drug-likeness (QED) is 0.410. The molecule has 1 N–H and O–H groups in total. The van der Waals surface area contributed by atoms with E-state index in [4.69, 9.17) is 4.42 Å². The fourth-order valence-corrected chi connectivity index (χ4v) is 3.05. The van der Waals surface area contributed by atoms with Crippen LogP contribution in [0.2, 0.25) is 0 Å². The first kappa shape index (κ1) is 17.6. The van der Waals surface area contributed by atoms with Crippen molar-refractivity contribution in [3.63, 3.8) is 0 Å². The van der Waals surface area contributed by atoms with Crippen LogP contribution in [0.15, 0.2) is 56.9 Å². The molecule has 0 aliphatic heterocycles. The first-order valence-corrected chi connectivity index (χ1v) is 8.38. The van der Waals surface area contributed by atoms with Crippen LogP contribution in [0.5, 0.6) is 0 Å². The van der Waals surface area contributed by atoms with Crippen molar-refractivity contribution < 1.29 is 14.1 Å². The fraction of sp³-hybridized carbons (Fsp3) is 0.118. The lowest BCUT2D eigenvalue weighted by Crippen LogP contribution is -2.10. The SMILES string of the molecule is Cc1cc(C)nc(Sc2ccc(NC(=O)c3ccc([N+](=O)[O-])o3)cc2)n1. The van der Waals surface area contributed by atoms with Crippen LogP contribution in [0.1, 0.15) is 21.9 Å². The van der Waals surface area contributed by atoms with Crippen molar-refractivity contribution in [2.75, 3.05) is 5.32 Å². The molecule has 0 atom stereocenters. The average molecular weight is 370 g/mol. The lowest BCUT2D eigenvalue weighted by molar-refractivity contribution is -0.402. The predicted octanol–water partition coefficient (Wildman–Crippen LogP) is 4.00. The smallest absolute Gasteiger partial charge is 0.395 e. The third kappa shape index (κ3) is 4.25. The van der Waals surface area contributed by atoms with Crippen LogP contribution in [-0.2, 0) is 0 Å². The molecular weight excluding hydrogens is 356 g/mol. The van der Waals surface area contributed by atoms with Crippen molar-refractivity contribution in [3.8, 4) is 0 Å². The molecular formula is C17H14N4O4S. The molecule has 0 saturated carbocycles. The Labute approximate surface area is 152 Å². The highest BCUT2D eigenvalue weighted by atomic mass is 32.2. The van der Waals surface area contributed by atoms with Crippen molar-refractivity contribution in [1.82, 2.24) is 9.97 Å². The van der Waals surface area contributed by atoms with Gasteiger partial charge in [0, 0.05) is 22.0 Å². The predicted molar refractivity (Wildman–Crippen MR) is 95.4 cm³/mol. The number of rotatable bonds is 5. The number of hydrogen-bond donors (Lipinski definition) is 1. The zero-order chi connectivity index (χ0) is 18.7. The Morgan fingerprint density at radius 3 is 2.35 bits per heavy atom. The van der Waals surface area contributed by atoms with E-state index in [1.54, 1.807) is 12.1 Å². The number of nitrogens with zero attached hydrogens (tertiary/aromatic N) is 3. The van der Waals surface area contributed by atoms with Crippen LogP contribution in [0.25, 0.3) is 0 Å². The molecule has 0 aliphatic rings. The molecule has 3 rings (SSSR count). The van der Waals surface area contributed by atoms with E-state index in [9.17, 15) is 14.9 Å². The first-order chi connectivity index (χ1) is 12.4. The summed E-state index contributed by atoms with van der Waals surface area (Å²) >= 11 is 1.42. The number of amides is 1. The van der Waals surface area contributed by atoms with Gasteiger partial charge in [-0.25, -0.2) is 9.97 Å². The van der Waals surface area contributed by atoms with Crippen LogP contribution in [0.3, 0.4) is 0 Å². The number of nitro groups is 1. The van der Waals surface area contributed by atoms with E-state index in [1.807, 2.05) is 32.0 Å². The molecule has 0 fully saturated rings. The summed E-state index contributed by atoms with van der Waals surface area (Å²) in [6, 6.07) is 11.4. The van der Waals surface area contributed by atoms with Gasteiger partial charge in [-0.15, -0.1) is 0 Å². The van der Waals surface area contributed by atoms with Crippen LogP contribution < -0.4 is 5.32 Å². The Morgan fingerprint density at radius 1 is 1.12 bits per heavy atom. The van der Waals surface area contributed by atoms with Crippen molar-refractivity contribution in [3.05, 3.63) is 69.7 Å². The molecule has 2 heterocycles. The van der Waals surface area contributed by atoms with Gasteiger partial charge in [0.15, 0.2) is 10.9 Å². The second-order valence-corrected chi connectivity index (χ2v) is 6.45. The Hall–Kier alpha value is -3.20. The maximum Gasteiger partial charge on any atom is 0.433 e. The number of aryl methyl sites for hydroxylation is 2. The third-order valence-corrected chi connectivity index (χ3v) is 4.15. The number of benzene rings is 1. The minimum atomic E-state index is -0.697. The second-order valence-electron chi connectivity index (χ2n) is 5.41. The Balaban J connectivity index is 1.67. The molecule has 1 amide bonds. The molecule has 1 aromatic carbocycles. The lowest BCUT2D eigenvalue weighted by atomic mass is 10.3. The van der Waals surface area contributed by atoms with Crippen LogP contribution >= 0.6 is 11.8 Å². The van der Waals surface area contributed by atoms with Crippen LogP contribution in [0.4, 0.5) is 11.6 Å². The van der Waals surface area contributed by atoms with Crippen molar-refractivity contribution >= 4 is 29.2 Å². The summed E-state index contributed by atoms with van der Waals surface area (Å²) in [5.74, 6) is -1.16. The average Bonchev–Trinajstić information content (AvgIpc) is 3.06. The highest BCUT2D eigenvalue weighted by Gasteiger charge is 2.17. The van der Waals surface area contributed by atoms with E-state index in [1.165, 1.54) is 17.8 Å². The molecule has 132 valence electrons. The number of nitrogens with one attached hydrogen (secondary N) is 1. The first-order valence-electron chi connectivity index (χ1n) is 7.56. The van der Waals surface area contributed by atoms with Gasteiger partial charge in [0.2, 0.25) is 0 Å². The highest BCUT2D eigenvalue weighted by Crippen LogP contribution is 2.26. The number of aromatic nitrogens is 2. The van der Waals surface area contributed by atoms with E-state index in [0.717, 1.165) is 22.3 Å². The van der Waals surface area contributed by atoms with Gasteiger partial charge in [-0.05, 0) is 62.0 Å².